The van der Waals surface area contributed by atoms with Gasteiger partial charge in [-0.05, 0) is 38.3 Å². The second-order valence-corrected chi connectivity index (χ2v) is 4.80. The minimum Gasteiger partial charge on any atom is -0.356 e. The Hall–Kier alpha value is -1.43. The molecular formula is C12H21N5O. The first-order chi connectivity index (χ1) is 8.84. The Morgan fingerprint density at radius 2 is 2.50 bits per heavy atom. The number of hydrogen-bond acceptors (Lipinski definition) is 4. The maximum atomic E-state index is 11.7. The van der Waals surface area contributed by atoms with E-state index >= 15 is 0 Å². The molecule has 0 saturated carbocycles. The average Bonchev–Trinajstić information content (AvgIpc) is 2.89. The van der Waals surface area contributed by atoms with E-state index in [0.29, 0.717) is 18.9 Å². The van der Waals surface area contributed by atoms with Gasteiger partial charge in [-0.2, -0.15) is 5.10 Å². The van der Waals surface area contributed by atoms with Gasteiger partial charge in [-0.1, -0.05) is 0 Å². The molecule has 1 aromatic rings. The van der Waals surface area contributed by atoms with E-state index < -0.39 is 0 Å². The fourth-order valence-electron chi connectivity index (χ4n) is 2.27. The molecule has 1 aliphatic heterocycles. The van der Waals surface area contributed by atoms with Crippen LogP contribution >= 0.6 is 0 Å². The van der Waals surface area contributed by atoms with Crippen LogP contribution in [0.3, 0.4) is 0 Å². The van der Waals surface area contributed by atoms with E-state index in [0.717, 1.165) is 31.8 Å². The van der Waals surface area contributed by atoms with Crippen LogP contribution in [-0.4, -0.2) is 40.7 Å². The fourth-order valence-corrected chi connectivity index (χ4v) is 2.27. The summed E-state index contributed by atoms with van der Waals surface area (Å²) >= 11 is 0. The number of aryl methyl sites for hydroxylation is 1. The third-order valence-corrected chi connectivity index (χ3v) is 3.25. The Balaban J connectivity index is 1.54. The van der Waals surface area contributed by atoms with Crippen LogP contribution in [0, 0.1) is 5.92 Å². The number of nitrogens with one attached hydrogen (secondary N) is 3. The molecule has 6 nitrogen and oxygen atoms in total. The number of amides is 1. The maximum absolute atomic E-state index is 11.7. The van der Waals surface area contributed by atoms with Gasteiger partial charge in [0.25, 0.3) is 0 Å². The van der Waals surface area contributed by atoms with Crippen molar-refractivity contribution in [3.63, 3.8) is 0 Å². The van der Waals surface area contributed by atoms with Crippen molar-refractivity contribution in [3.05, 3.63) is 12.2 Å². The third kappa shape index (κ3) is 4.44. The number of rotatable bonds is 6. The van der Waals surface area contributed by atoms with Gasteiger partial charge in [-0.25, -0.2) is 4.98 Å². The number of piperidine rings is 1. The predicted molar refractivity (Wildman–Crippen MR) is 67.9 cm³/mol. The molecular weight excluding hydrogens is 230 g/mol. The molecule has 1 saturated heterocycles. The largest absolute Gasteiger partial charge is 0.356 e. The van der Waals surface area contributed by atoms with E-state index in [9.17, 15) is 4.79 Å². The first kappa shape index (κ1) is 13.0. The van der Waals surface area contributed by atoms with E-state index in [4.69, 9.17) is 0 Å². The van der Waals surface area contributed by atoms with Crippen molar-refractivity contribution in [1.29, 1.82) is 0 Å². The van der Waals surface area contributed by atoms with Crippen molar-refractivity contribution >= 4 is 5.91 Å². The summed E-state index contributed by atoms with van der Waals surface area (Å²) in [5.74, 6) is 1.55. The highest BCUT2D eigenvalue weighted by atomic mass is 16.1. The number of carbonyl (C=O) groups excluding carboxylic acids is 1. The lowest BCUT2D eigenvalue weighted by atomic mass is 9.96. The van der Waals surface area contributed by atoms with Gasteiger partial charge in [0.05, 0.1) is 0 Å². The second kappa shape index (κ2) is 7.10. The lowest BCUT2D eigenvalue weighted by Crippen LogP contribution is -2.34. The Bertz CT molecular complexity index is 345. The number of carbonyl (C=O) groups is 1. The molecule has 2 rings (SSSR count). The molecule has 1 unspecified atom stereocenters. The molecule has 1 aromatic heterocycles. The normalized spacial score (nSPS) is 19.7. The summed E-state index contributed by atoms with van der Waals surface area (Å²) in [5.41, 5.74) is 0. The molecule has 2 heterocycles. The van der Waals surface area contributed by atoms with Gasteiger partial charge < -0.3 is 10.6 Å². The lowest BCUT2D eigenvalue weighted by Gasteiger charge is -2.22. The zero-order valence-electron chi connectivity index (χ0n) is 10.6. The third-order valence-electron chi connectivity index (χ3n) is 3.25. The molecule has 0 spiro atoms. The van der Waals surface area contributed by atoms with E-state index in [-0.39, 0.29) is 5.91 Å². The molecule has 0 radical (unpaired) electrons. The van der Waals surface area contributed by atoms with Gasteiger partial charge in [0.1, 0.15) is 12.2 Å². The van der Waals surface area contributed by atoms with Gasteiger partial charge in [-0.3, -0.25) is 9.89 Å². The highest BCUT2D eigenvalue weighted by molar-refractivity contribution is 5.76. The zero-order valence-corrected chi connectivity index (χ0v) is 10.6. The van der Waals surface area contributed by atoms with Crippen LogP contribution in [0.2, 0.25) is 0 Å². The molecule has 1 atom stereocenters. The minimum atomic E-state index is 0.168. The number of nitrogens with zero attached hydrogens (tertiary/aromatic N) is 2. The fraction of sp³-hybridized carbons (Fsp3) is 0.750. The highest BCUT2D eigenvalue weighted by Gasteiger charge is 2.16. The van der Waals surface area contributed by atoms with Gasteiger partial charge in [-0.15, -0.1) is 0 Å². The molecule has 3 N–H and O–H groups in total. The van der Waals surface area contributed by atoms with Crippen LogP contribution < -0.4 is 10.6 Å². The van der Waals surface area contributed by atoms with Crippen molar-refractivity contribution in [3.8, 4) is 0 Å². The van der Waals surface area contributed by atoms with E-state index in [1.54, 1.807) is 0 Å². The number of aromatic nitrogens is 3. The van der Waals surface area contributed by atoms with E-state index in [1.807, 2.05) is 0 Å². The van der Waals surface area contributed by atoms with Crippen LogP contribution in [0.25, 0.3) is 0 Å². The lowest BCUT2D eigenvalue weighted by molar-refractivity contribution is -0.122. The Kier molecular flexibility index (Phi) is 5.14. The Morgan fingerprint density at radius 3 is 3.22 bits per heavy atom. The SMILES string of the molecule is O=C(CC1CCCNC1)NCCCc1ncn[nH]1. The Morgan fingerprint density at radius 1 is 1.56 bits per heavy atom. The van der Waals surface area contributed by atoms with Crippen LogP contribution in [0.15, 0.2) is 6.33 Å². The molecule has 0 aromatic carbocycles. The van der Waals surface area contributed by atoms with Crippen LogP contribution in [0.5, 0.6) is 0 Å². The van der Waals surface area contributed by atoms with Gasteiger partial charge in [0.15, 0.2) is 0 Å². The second-order valence-electron chi connectivity index (χ2n) is 4.80. The van der Waals surface area contributed by atoms with Crippen molar-refractivity contribution in [1.82, 2.24) is 25.8 Å². The van der Waals surface area contributed by atoms with Crippen molar-refractivity contribution in [2.45, 2.75) is 32.1 Å². The monoisotopic (exact) mass is 251 g/mol. The number of H-pyrrole nitrogens is 1. The van der Waals surface area contributed by atoms with Crippen LogP contribution in [0.4, 0.5) is 0 Å². The number of aromatic amines is 1. The highest BCUT2D eigenvalue weighted by Crippen LogP contribution is 2.13. The molecule has 0 bridgehead atoms. The summed E-state index contributed by atoms with van der Waals surface area (Å²) in [6, 6.07) is 0. The summed E-state index contributed by atoms with van der Waals surface area (Å²) in [4.78, 5) is 15.7. The zero-order chi connectivity index (χ0) is 12.6. The summed E-state index contributed by atoms with van der Waals surface area (Å²) in [6.45, 7) is 2.78. The molecule has 100 valence electrons. The van der Waals surface area contributed by atoms with Gasteiger partial charge in [0, 0.05) is 19.4 Å². The predicted octanol–water partition coefficient (Wildman–Crippen LogP) is 0.243. The van der Waals surface area contributed by atoms with E-state index in [2.05, 4.69) is 25.8 Å². The van der Waals surface area contributed by atoms with Gasteiger partial charge >= 0.3 is 0 Å². The first-order valence-corrected chi connectivity index (χ1v) is 6.66. The minimum absolute atomic E-state index is 0.168. The molecule has 1 fully saturated rings. The molecule has 0 aliphatic carbocycles. The summed E-state index contributed by atoms with van der Waals surface area (Å²) < 4.78 is 0. The molecule has 6 heteroatoms. The van der Waals surface area contributed by atoms with Crippen molar-refractivity contribution in [2.75, 3.05) is 19.6 Å². The van der Waals surface area contributed by atoms with Gasteiger partial charge in [0.2, 0.25) is 5.91 Å². The van der Waals surface area contributed by atoms with Crippen LogP contribution in [0.1, 0.15) is 31.5 Å². The van der Waals surface area contributed by atoms with Crippen molar-refractivity contribution in [2.24, 2.45) is 5.92 Å². The topological polar surface area (TPSA) is 82.7 Å². The average molecular weight is 251 g/mol. The van der Waals surface area contributed by atoms with Crippen LogP contribution in [-0.2, 0) is 11.2 Å². The molecule has 1 amide bonds. The summed E-state index contributed by atoms with van der Waals surface area (Å²) in [6.07, 6.45) is 6.22. The quantitative estimate of drug-likeness (QED) is 0.633. The maximum Gasteiger partial charge on any atom is 0.220 e. The molecule has 1 aliphatic rings. The van der Waals surface area contributed by atoms with Crippen molar-refractivity contribution < 1.29 is 4.79 Å². The smallest absolute Gasteiger partial charge is 0.220 e. The Labute approximate surface area is 107 Å². The standard InChI is InChI=1S/C12H21N5O/c18-12(7-10-3-1-5-13-8-10)14-6-2-4-11-15-9-16-17-11/h9-10,13H,1-8H2,(H,14,18)(H,15,16,17). The van der Waals surface area contributed by atoms with E-state index in [1.165, 1.54) is 19.2 Å². The molecule has 18 heavy (non-hydrogen) atoms. The summed E-state index contributed by atoms with van der Waals surface area (Å²) in [5, 5.41) is 12.9. The number of hydrogen-bond donors (Lipinski definition) is 3. The summed E-state index contributed by atoms with van der Waals surface area (Å²) in [7, 11) is 0. The first-order valence-electron chi connectivity index (χ1n) is 6.66.